The number of halogens is 4. The molecule has 2 aliphatic rings. The van der Waals surface area contributed by atoms with Crippen LogP contribution in [0.3, 0.4) is 0 Å². The molecule has 0 radical (unpaired) electrons. The summed E-state index contributed by atoms with van der Waals surface area (Å²) in [6, 6.07) is 8.11. The van der Waals surface area contributed by atoms with Gasteiger partial charge in [0.05, 0.1) is 35.2 Å². The number of rotatable bonds is 6. The highest BCUT2D eigenvalue weighted by molar-refractivity contribution is 7.13. The average Bonchev–Trinajstić information content (AvgIpc) is 3.85. The molecule has 7 rings (SSSR count). The lowest BCUT2D eigenvalue weighted by molar-refractivity contribution is -0.118. The van der Waals surface area contributed by atoms with E-state index >= 15 is 4.39 Å². The van der Waals surface area contributed by atoms with E-state index in [0.29, 0.717) is 56.0 Å². The monoisotopic (exact) mass is 727 g/mol. The van der Waals surface area contributed by atoms with Gasteiger partial charge >= 0.3 is 6.09 Å². The van der Waals surface area contributed by atoms with Crippen molar-refractivity contribution in [3.05, 3.63) is 81.4 Å². The molecule has 3 aromatic heterocycles. The van der Waals surface area contributed by atoms with Crippen LogP contribution >= 0.6 is 34.5 Å². The molecule has 15 heteroatoms. The van der Waals surface area contributed by atoms with Crippen LogP contribution in [0.25, 0.3) is 22.0 Å². The van der Waals surface area contributed by atoms with Crippen molar-refractivity contribution in [3.8, 4) is 11.1 Å². The molecular weight excluding hydrogens is 695 g/mol. The van der Waals surface area contributed by atoms with Gasteiger partial charge in [-0.05, 0) is 44.4 Å². The molecule has 49 heavy (non-hydrogen) atoms. The molecule has 1 unspecified atom stereocenters. The van der Waals surface area contributed by atoms with Gasteiger partial charge in [-0.2, -0.15) is 5.10 Å². The fourth-order valence-corrected chi connectivity index (χ4v) is 7.58. The molecule has 4 atom stereocenters. The first-order chi connectivity index (χ1) is 23.4. The number of ether oxygens (including phenoxy) is 1. The van der Waals surface area contributed by atoms with Gasteiger partial charge in [0.15, 0.2) is 11.2 Å². The first kappa shape index (κ1) is 33.4. The number of piperidine rings is 1. The predicted molar refractivity (Wildman–Crippen MR) is 185 cm³/mol. The molecule has 5 aromatic rings. The number of alkyl halides is 2. The summed E-state index contributed by atoms with van der Waals surface area (Å²) in [5.41, 5.74) is 2.89. The molecule has 1 fully saturated rings. The molecule has 256 valence electrons. The third kappa shape index (κ3) is 6.63. The number of nitrogens with one attached hydrogen (secondary N) is 1. The summed E-state index contributed by atoms with van der Waals surface area (Å²) >= 11 is 15.1. The van der Waals surface area contributed by atoms with Gasteiger partial charge in [-0.15, -0.1) is 11.3 Å². The second-order valence-corrected chi connectivity index (χ2v) is 15.0. The van der Waals surface area contributed by atoms with Crippen LogP contribution in [0, 0.1) is 0 Å². The summed E-state index contributed by atoms with van der Waals surface area (Å²) < 4.78 is 38.3. The molecule has 0 aliphatic carbocycles. The number of hydrogen-bond acceptors (Lipinski definition) is 7. The van der Waals surface area contributed by atoms with Crippen molar-refractivity contribution in [2.24, 2.45) is 0 Å². The molecule has 2 amide bonds. The number of aromatic nitrogens is 5. The predicted octanol–water partition coefficient (Wildman–Crippen LogP) is 7.85. The van der Waals surface area contributed by atoms with E-state index in [1.807, 2.05) is 24.3 Å². The second-order valence-electron chi connectivity index (χ2n) is 13.3. The summed E-state index contributed by atoms with van der Waals surface area (Å²) in [7, 11) is 0. The van der Waals surface area contributed by atoms with Crippen molar-refractivity contribution in [1.29, 1.82) is 0 Å². The van der Waals surface area contributed by atoms with E-state index in [1.165, 1.54) is 27.2 Å². The minimum absolute atomic E-state index is 0.0406. The largest absolute Gasteiger partial charge is 0.444 e. The van der Waals surface area contributed by atoms with Crippen LogP contribution in [0.4, 0.5) is 18.7 Å². The zero-order valence-corrected chi connectivity index (χ0v) is 29.2. The maximum atomic E-state index is 15.4. The minimum Gasteiger partial charge on any atom is -0.444 e. The van der Waals surface area contributed by atoms with E-state index in [1.54, 1.807) is 49.2 Å². The molecule has 0 bridgehead atoms. The van der Waals surface area contributed by atoms with E-state index in [-0.39, 0.29) is 25.4 Å². The van der Waals surface area contributed by atoms with Gasteiger partial charge in [-0.1, -0.05) is 47.5 Å². The number of amides is 2. The van der Waals surface area contributed by atoms with E-state index in [2.05, 4.69) is 15.3 Å². The topological polar surface area (TPSA) is 107 Å². The molecule has 1 saturated heterocycles. The van der Waals surface area contributed by atoms with Crippen molar-refractivity contribution in [2.75, 3.05) is 18.4 Å². The van der Waals surface area contributed by atoms with Crippen molar-refractivity contribution in [2.45, 2.75) is 70.1 Å². The van der Waals surface area contributed by atoms with Crippen LogP contribution in [0.1, 0.15) is 56.1 Å². The molecule has 2 aromatic carbocycles. The zero-order valence-electron chi connectivity index (χ0n) is 26.9. The van der Waals surface area contributed by atoms with Crippen molar-refractivity contribution in [1.82, 2.24) is 29.2 Å². The van der Waals surface area contributed by atoms with Crippen LogP contribution in [0.2, 0.25) is 10.0 Å². The van der Waals surface area contributed by atoms with Gasteiger partial charge in [0.2, 0.25) is 0 Å². The highest BCUT2D eigenvalue weighted by Crippen LogP contribution is 2.40. The number of thiazole rings is 1. The van der Waals surface area contributed by atoms with Gasteiger partial charge in [-0.3, -0.25) is 14.8 Å². The Morgan fingerprint density at radius 1 is 1.12 bits per heavy atom. The number of benzene rings is 2. The lowest BCUT2D eigenvalue weighted by Gasteiger charge is -2.35. The third-order valence-electron chi connectivity index (χ3n) is 8.77. The smallest absolute Gasteiger partial charge is 0.410 e. The molecular formula is C34H33Cl2F2N7O3S. The zero-order chi connectivity index (χ0) is 34.6. The first-order valence-electron chi connectivity index (χ1n) is 15.8. The van der Waals surface area contributed by atoms with E-state index in [0.717, 1.165) is 11.1 Å². The minimum atomic E-state index is -1.25. The maximum absolute atomic E-state index is 15.4. The van der Waals surface area contributed by atoms with Crippen LogP contribution < -0.4 is 5.32 Å². The second kappa shape index (κ2) is 13.0. The van der Waals surface area contributed by atoms with Gasteiger partial charge in [0.25, 0.3) is 5.91 Å². The molecule has 10 nitrogen and oxygen atoms in total. The van der Waals surface area contributed by atoms with Gasteiger partial charge < -0.3 is 14.2 Å². The Morgan fingerprint density at radius 2 is 1.90 bits per heavy atom. The average molecular weight is 729 g/mol. The number of likely N-dealkylation sites (tertiary alicyclic amines) is 1. The standard InChI is InChI=1S/C34H33Cl2F2N7O3S/c1-34(2,3)48-33(47)43-10-8-21(25(38)16-43)18-4-6-19(7-5-18)22-13-24(35)23-15-45(42-28(23)27(22)36)30(31(46)41-32-39-9-11-49-32)29-26-12-20(37)14-44(26)17-40-29/h4-7,9,11,13,15,17,20-21,25,30H,8,10,12,14,16H2,1-3H3,(H,39,41,46)/t20-,21-,25+,30?/m1/s1. The van der Waals surface area contributed by atoms with Crippen molar-refractivity contribution in [3.63, 3.8) is 0 Å². The Morgan fingerprint density at radius 3 is 2.59 bits per heavy atom. The Kier molecular flexibility index (Phi) is 8.87. The van der Waals surface area contributed by atoms with Gasteiger partial charge in [0, 0.05) is 53.3 Å². The Hall–Kier alpha value is -4.07. The highest BCUT2D eigenvalue weighted by atomic mass is 35.5. The molecule has 0 saturated carbocycles. The number of nitrogens with zero attached hydrogens (tertiary/aromatic N) is 6. The van der Waals surface area contributed by atoms with E-state index in [4.69, 9.17) is 33.0 Å². The number of anilines is 1. The number of carbonyl (C=O) groups is 2. The SMILES string of the molecule is CC(C)(C)OC(=O)N1CC[C@H](c2ccc(-c3cc(Cl)c4cn(C(C(=O)Nc5nccs5)c5ncn6c5C[C@@H](F)C6)nc4c3Cl)cc2)[C@@H](F)C1. The Bertz CT molecular complexity index is 2030. The van der Waals surface area contributed by atoms with Crippen molar-refractivity contribution >= 4 is 62.6 Å². The van der Waals surface area contributed by atoms with Crippen LogP contribution in [-0.2, 0) is 22.5 Å². The summed E-state index contributed by atoms with van der Waals surface area (Å²) in [5, 5.41) is 10.9. The van der Waals surface area contributed by atoms with Crippen molar-refractivity contribution < 1.29 is 23.1 Å². The van der Waals surface area contributed by atoms with Gasteiger partial charge in [-0.25, -0.2) is 23.5 Å². The first-order valence-corrected chi connectivity index (χ1v) is 17.5. The molecule has 0 spiro atoms. The number of carbonyl (C=O) groups excluding carboxylic acids is 2. The fourth-order valence-electron chi connectivity index (χ4n) is 6.50. The molecule has 5 heterocycles. The summed E-state index contributed by atoms with van der Waals surface area (Å²) in [4.78, 5) is 36.3. The van der Waals surface area contributed by atoms with E-state index < -0.39 is 36.0 Å². The number of hydrogen-bond donors (Lipinski definition) is 1. The summed E-state index contributed by atoms with van der Waals surface area (Å²) in [6.45, 7) is 5.87. The third-order valence-corrected chi connectivity index (χ3v) is 10.2. The quantitative estimate of drug-likeness (QED) is 0.191. The summed E-state index contributed by atoms with van der Waals surface area (Å²) in [6.07, 6.45) is 2.51. The number of imidazole rings is 1. The van der Waals surface area contributed by atoms with E-state index in [9.17, 15) is 14.0 Å². The molecule has 2 aliphatic heterocycles. The normalized spacial score (nSPS) is 20.0. The molecule has 1 N–H and O–H groups in total. The van der Waals surface area contributed by atoms with Gasteiger partial charge in [0.1, 0.15) is 23.5 Å². The Balaban J connectivity index is 1.17. The fraction of sp³-hybridized carbons (Fsp3) is 0.382. The van der Waals surface area contributed by atoms with Crippen LogP contribution in [0.15, 0.2) is 54.4 Å². The lowest BCUT2D eigenvalue weighted by Crippen LogP contribution is -2.46. The highest BCUT2D eigenvalue weighted by Gasteiger charge is 2.36. The van der Waals surface area contributed by atoms with Crippen LogP contribution in [-0.4, -0.2) is 72.2 Å². The maximum Gasteiger partial charge on any atom is 0.410 e. The lowest BCUT2D eigenvalue weighted by atomic mass is 9.87. The Labute approximate surface area is 295 Å². The summed E-state index contributed by atoms with van der Waals surface area (Å²) in [5.74, 6) is -0.827. The van der Waals surface area contributed by atoms with Crippen LogP contribution in [0.5, 0.6) is 0 Å². The number of fused-ring (bicyclic) bond motifs is 2.